The zero-order chi connectivity index (χ0) is 13.4. The lowest BCUT2D eigenvalue weighted by molar-refractivity contribution is -0.115. The maximum atomic E-state index is 11.6. The van der Waals surface area contributed by atoms with Crippen LogP contribution in [-0.4, -0.2) is 42.0 Å². The highest BCUT2D eigenvalue weighted by molar-refractivity contribution is 5.91. The van der Waals surface area contributed by atoms with Gasteiger partial charge >= 0.3 is 0 Å². The fourth-order valence-electron chi connectivity index (χ4n) is 1.35. The van der Waals surface area contributed by atoms with Crippen molar-refractivity contribution in [3.05, 3.63) is 12.4 Å². The zero-order valence-corrected chi connectivity index (χ0v) is 11.3. The number of anilines is 1. The molecule has 1 atom stereocenters. The minimum atomic E-state index is -0.0541. The van der Waals surface area contributed by atoms with Gasteiger partial charge in [0.2, 0.25) is 5.91 Å². The summed E-state index contributed by atoms with van der Waals surface area (Å²) in [7, 11) is 1.65. The first-order chi connectivity index (χ1) is 8.65. The third-order valence-electron chi connectivity index (χ3n) is 2.66. The highest BCUT2D eigenvalue weighted by Crippen LogP contribution is 2.04. The van der Waals surface area contributed by atoms with Crippen LogP contribution < -0.4 is 10.6 Å². The number of hydrogen-bond acceptors (Lipinski definition) is 4. The smallest absolute Gasteiger partial charge is 0.238 e. The lowest BCUT2D eigenvalue weighted by Crippen LogP contribution is -2.33. The molecule has 0 spiro atoms. The topological polar surface area (TPSA) is 68.2 Å². The van der Waals surface area contributed by atoms with Crippen molar-refractivity contribution < 1.29 is 9.53 Å². The Balaban J connectivity index is 2.33. The van der Waals surface area contributed by atoms with E-state index in [-0.39, 0.29) is 5.91 Å². The van der Waals surface area contributed by atoms with E-state index in [1.54, 1.807) is 24.2 Å². The summed E-state index contributed by atoms with van der Waals surface area (Å²) in [6.07, 6.45) is 4.43. The fraction of sp³-hybridized carbons (Fsp3) is 0.667. The molecular weight excluding hydrogens is 232 g/mol. The second-order valence-corrected chi connectivity index (χ2v) is 4.22. The van der Waals surface area contributed by atoms with Gasteiger partial charge < -0.3 is 15.4 Å². The first-order valence-corrected chi connectivity index (χ1v) is 6.20. The van der Waals surface area contributed by atoms with E-state index in [4.69, 9.17) is 4.74 Å². The maximum absolute atomic E-state index is 11.6. The van der Waals surface area contributed by atoms with Gasteiger partial charge in [-0.3, -0.25) is 9.48 Å². The Morgan fingerprint density at radius 1 is 1.61 bits per heavy atom. The van der Waals surface area contributed by atoms with Crippen molar-refractivity contribution in [3.63, 3.8) is 0 Å². The molecule has 6 heteroatoms. The number of aromatic nitrogens is 2. The molecule has 0 bridgehead atoms. The number of nitrogens with zero attached hydrogens (tertiary/aromatic N) is 2. The summed E-state index contributed by atoms with van der Waals surface area (Å²) in [5, 5.41) is 10.0. The number of carbonyl (C=O) groups excluding carboxylic acids is 1. The highest BCUT2D eigenvalue weighted by Gasteiger charge is 2.06. The number of ether oxygens (including phenoxy) is 1. The molecule has 2 N–H and O–H groups in total. The average Bonchev–Trinajstić information content (AvgIpc) is 2.81. The average molecular weight is 254 g/mol. The number of carbonyl (C=O) groups is 1. The first kappa shape index (κ1) is 14.7. The Morgan fingerprint density at radius 3 is 3.06 bits per heavy atom. The molecule has 1 aromatic heterocycles. The van der Waals surface area contributed by atoms with Crippen molar-refractivity contribution in [2.24, 2.45) is 0 Å². The van der Waals surface area contributed by atoms with Crippen LogP contribution in [0.3, 0.4) is 0 Å². The van der Waals surface area contributed by atoms with E-state index in [0.29, 0.717) is 31.4 Å². The van der Waals surface area contributed by atoms with Gasteiger partial charge in [0, 0.05) is 19.3 Å². The molecule has 1 heterocycles. The van der Waals surface area contributed by atoms with Crippen LogP contribution in [-0.2, 0) is 16.1 Å². The maximum Gasteiger partial charge on any atom is 0.238 e. The van der Waals surface area contributed by atoms with Gasteiger partial charge in [-0.15, -0.1) is 0 Å². The summed E-state index contributed by atoms with van der Waals surface area (Å²) >= 11 is 0. The third kappa shape index (κ3) is 5.29. The molecule has 0 aliphatic heterocycles. The largest absolute Gasteiger partial charge is 0.383 e. The fourth-order valence-corrected chi connectivity index (χ4v) is 1.35. The van der Waals surface area contributed by atoms with Gasteiger partial charge in [-0.2, -0.15) is 5.10 Å². The van der Waals surface area contributed by atoms with Crippen molar-refractivity contribution in [1.29, 1.82) is 0 Å². The van der Waals surface area contributed by atoms with Gasteiger partial charge in [-0.05, 0) is 13.3 Å². The van der Waals surface area contributed by atoms with E-state index in [1.165, 1.54) is 0 Å². The molecule has 0 saturated carbocycles. The molecule has 102 valence electrons. The Kier molecular flexibility index (Phi) is 6.38. The minimum absolute atomic E-state index is 0.0541. The van der Waals surface area contributed by atoms with Crippen molar-refractivity contribution >= 4 is 11.6 Å². The van der Waals surface area contributed by atoms with Crippen LogP contribution in [0.2, 0.25) is 0 Å². The molecular formula is C12H22N4O2. The lowest BCUT2D eigenvalue weighted by Gasteiger charge is -2.10. The number of rotatable bonds is 8. The molecule has 1 unspecified atom stereocenters. The summed E-state index contributed by atoms with van der Waals surface area (Å²) in [6, 6.07) is 0.347. The van der Waals surface area contributed by atoms with Crippen LogP contribution in [0, 0.1) is 0 Å². The van der Waals surface area contributed by atoms with Gasteiger partial charge in [0.1, 0.15) is 0 Å². The van der Waals surface area contributed by atoms with Gasteiger partial charge in [0.05, 0.1) is 31.6 Å². The van der Waals surface area contributed by atoms with E-state index in [1.807, 2.05) is 0 Å². The molecule has 6 nitrogen and oxygen atoms in total. The second-order valence-electron chi connectivity index (χ2n) is 4.22. The van der Waals surface area contributed by atoms with E-state index >= 15 is 0 Å². The van der Waals surface area contributed by atoms with Gasteiger partial charge in [0.25, 0.3) is 0 Å². The minimum Gasteiger partial charge on any atom is -0.383 e. The normalized spacial score (nSPS) is 12.4. The van der Waals surface area contributed by atoms with E-state index in [0.717, 1.165) is 6.42 Å². The lowest BCUT2D eigenvalue weighted by atomic mass is 10.2. The number of nitrogens with one attached hydrogen (secondary N) is 2. The van der Waals surface area contributed by atoms with Gasteiger partial charge in [-0.1, -0.05) is 6.92 Å². The molecule has 0 aliphatic rings. The predicted octanol–water partition coefficient (Wildman–Crippen LogP) is 0.856. The zero-order valence-electron chi connectivity index (χ0n) is 11.3. The van der Waals surface area contributed by atoms with Crippen LogP contribution >= 0.6 is 0 Å². The van der Waals surface area contributed by atoms with Gasteiger partial charge in [0.15, 0.2) is 0 Å². The molecule has 0 radical (unpaired) electrons. The molecule has 1 amide bonds. The summed E-state index contributed by atoms with van der Waals surface area (Å²) in [4.78, 5) is 11.6. The Labute approximate surface area is 108 Å². The van der Waals surface area contributed by atoms with Crippen LogP contribution in [0.25, 0.3) is 0 Å². The van der Waals surface area contributed by atoms with Crippen LogP contribution in [0.4, 0.5) is 5.69 Å². The third-order valence-corrected chi connectivity index (χ3v) is 2.66. The second kappa shape index (κ2) is 7.84. The molecule has 18 heavy (non-hydrogen) atoms. The number of methoxy groups -OCH3 is 1. The van der Waals surface area contributed by atoms with E-state index in [2.05, 4.69) is 29.6 Å². The molecule has 0 aromatic carbocycles. The van der Waals surface area contributed by atoms with Crippen LogP contribution in [0.5, 0.6) is 0 Å². The summed E-state index contributed by atoms with van der Waals surface area (Å²) in [6.45, 7) is 5.73. The standard InChI is InChI=1S/C12H22N4O2/c1-4-10(2)13-8-12(17)15-11-7-14-16(9-11)5-6-18-3/h7,9-10,13H,4-6,8H2,1-3H3,(H,15,17). The Bertz CT molecular complexity index is 365. The van der Waals surface area contributed by atoms with Crippen LogP contribution in [0.1, 0.15) is 20.3 Å². The Hall–Kier alpha value is -1.40. The van der Waals surface area contributed by atoms with Gasteiger partial charge in [-0.25, -0.2) is 0 Å². The van der Waals surface area contributed by atoms with Crippen LogP contribution in [0.15, 0.2) is 12.4 Å². The molecule has 0 aliphatic carbocycles. The molecule has 1 aromatic rings. The SMILES string of the molecule is CCC(C)NCC(=O)Nc1cnn(CCOC)c1. The summed E-state index contributed by atoms with van der Waals surface area (Å²) in [5.74, 6) is -0.0541. The van der Waals surface area contributed by atoms with E-state index < -0.39 is 0 Å². The first-order valence-electron chi connectivity index (χ1n) is 6.20. The highest BCUT2D eigenvalue weighted by atomic mass is 16.5. The molecule has 0 saturated heterocycles. The summed E-state index contributed by atoms with van der Waals surface area (Å²) < 4.78 is 6.69. The van der Waals surface area contributed by atoms with E-state index in [9.17, 15) is 4.79 Å². The quantitative estimate of drug-likeness (QED) is 0.722. The summed E-state index contributed by atoms with van der Waals surface area (Å²) in [5.41, 5.74) is 0.710. The molecule has 1 rings (SSSR count). The number of hydrogen-bond donors (Lipinski definition) is 2. The van der Waals surface area contributed by atoms with Crippen molar-refractivity contribution in [3.8, 4) is 0 Å². The van der Waals surface area contributed by atoms with Crippen molar-refractivity contribution in [2.45, 2.75) is 32.9 Å². The van der Waals surface area contributed by atoms with Crippen molar-refractivity contribution in [1.82, 2.24) is 15.1 Å². The van der Waals surface area contributed by atoms with Crippen molar-refractivity contribution in [2.75, 3.05) is 25.6 Å². The number of amides is 1. The Morgan fingerprint density at radius 2 is 2.39 bits per heavy atom. The molecule has 0 fully saturated rings. The monoisotopic (exact) mass is 254 g/mol. The predicted molar refractivity (Wildman–Crippen MR) is 70.5 cm³/mol.